The molecular weight excluding hydrogens is 232 g/mol. The van der Waals surface area contributed by atoms with Gasteiger partial charge in [0.1, 0.15) is 5.60 Å². The van der Waals surface area contributed by atoms with Gasteiger partial charge in [0.05, 0.1) is 12.1 Å². The molecule has 0 spiro atoms. The Bertz CT molecular complexity index is 289. The van der Waals surface area contributed by atoms with Crippen molar-refractivity contribution in [2.24, 2.45) is 0 Å². The highest BCUT2D eigenvalue weighted by Crippen LogP contribution is 2.33. The van der Waals surface area contributed by atoms with Crippen LogP contribution in [-0.2, 0) is 4.74 Å². The standard InChI is InChI=1S/C11H19F2NO3/c1-10(2,3)17-9(16)14-7-6-11(12,13)5-4-8(7)15/h7-8,15H,4-6H2,1-3H3,(H,14,16). The molecule has 0 radical (unpaired) electrons. The van der Waals surface area contributed by atoms with Crippen LogP contribution in [0.15, 0.2) is 0 Å². The summed E-state index contributed by atoms with van der Waals surface area (Å²) < 4.78 is 31.2. The molecule has 17 heavy (non-hydrogen) atoms. The number of amides is 1. The van der Waals surface area contributed by atoms with E-state index in [9.17, 15) is 18.7 Å². The quantitative estimate of drug-likeness (QED) is 0.750. The van der Waals surface area contributed by atoms with Gasteiger partial charge in [-0.3, -0.25) is 0 Å². The van der Waals surface area contributed by atoms with Gasteiger partial charge in [0.15, 0.2) is 0 Å². The third kappa shape index (κ3) is 4.85. The van der Waals surface area contributed by atoms with Crippen LogP contribution in [0.25, 0.3) is 0 Å². The molecule has 4 nitrogen and oxygen atoms in total. The van der Waals surface area contributed by atoms with Crippen molar-refractivity contribution in [1.29, 1.82) is 0 Å². The fourth-order valence-corrected chi connectivity index (χ4v) is 1.73. The largest absolute Gasteiger partial charge is 0.444 e. The SMILES string of the molecule is CC(C)(C)OC(=O)NC1CC(F)(F)CCC1O. The number of aliphatic hydroxyl groups is 1. The molecule has 1 saturated carbocycles. The summed E-state index contributed by atoms with van der Waals surface area (Å²) in [6.07, 6.45) is -2.64. The monoisotopic (exact) mass is 251 g/mol. The maximum atomic E-state index is 13.1. The van der Waals surface area contributed by atoms with Gasteiger partial charge >= 0.3 is 6.09 Å². The van der Waals surface area contributed by atoms with E-state index >= 15 is 0 Å². The molecular formula is C11H19F2NO3. The maximum Gasteiger partial charge on any atom is 0.407 e. The van der Waals surface area contributed by atoms with Gasteiger partial charge in [0.25, 0.3) is 0 Å². The molecule has 1 aliphatic carbocycles. The summed E-state index contributed by atoms with van der Waals surface area (Å²) in [7, 11) is 0. The molecule has 0 saturated heterocycles. The smallest absolute Gasteiger partial charge is 0.407 e. The normalized spacial score (nSPS) is 28.6. The fourth-order valence-electron chi connectivity index (χ4n) is 1.73. The maximum absolute atomic E-state index is 13.1. The highest BCUT2D eigenvalue weighted by atomic mass is 19.3. The van der Waals surface area contributed by atoms with Crippen LogP contribution < -0.4 is 5.32 Å². The van der Waals surface area contributed by atoms with Crippen LogP contribution in [0.1, 0.15) is 40.0 Å². The predicted molar refractivity (Wildman–Crippen MR) is 58.0 cm³/mol. The topological polar surface area (TPSA) is 58.6 Å². The minimum atomic E-state index is -2.83. The molecule has 0 bridgehead atoms. The first-order chi connectivity index (χ1) is 7.59. The molecule has 1 aliphatic rings. The average Bonchev–Trinajstić information content (AvgIpc) is 2.07. The number of rotatable bonds is 1. The number of ether oxygens (including phenoxy) is 1. The van der Waals surface area contributed by atoms with Gasteiger partial charge in [0, 0.05) is 12.8 Å². The van der Waals surface area contributed by atoms with Gasteiger partial charge in [-0.05, 0) is 27.2 Å². The zero-order valence-electron chi connectivity index (χ0n) is 10.3. The summed E-state index contributed by atoms with van der Waals surface area (Å²) in [5.74, 6) is -2.83. The number of alkyl carbamates (subject to hydrolysis) is 1. The Morgan fingerprint density at radius 2 is 2.06 bits per heavy atom. The second-order valence-electron chi connectivity index (χ2n) is 5.42. The fraction of sp³-hybridized carbons (Fsp3) is 0.909. The summed E-state index contributed by atoms with van der Waals surface area (Å²) in [4.78, 5) is 11.4. The van der Waals surface area contributed by atoms with E-state index in [4.69, 9.17) is 4.74 Å². The van der Waals surface area contributed by atoms with Gasteiger partial charge in [-0.25, -0.2) is 13.6 Å². The molecule has 1 fully saturated rings. The van der Waals surface area contributed by atoms with Gasteiger partial charge < -0.3 is 15.2 Å². The molecule has 1 amide bonds. The lowest BCUT2D eigenvalue weighted by atomic mass is 9.89. The van der Waals surface area contributed by atoms with Gasteiger partial charge in [-0.15, -0.1) is 0 Å². The third-order valence-corrected chi connectivity index (χ3v) is 2.49. The molecule has 6 heteroatoms. The summed E-state index contributed by atoms with van der Waals surface area (Å²) in [5, 5.41) is 11.8. The lowest BCUT2D eigenvalue weighted by Gasteiger charge is -2.33. The van der Waals surface area contributed by atoms with E-state index < -0.39 is 36.2 Å². The van der Waals surface area contributed by atoms with Crippen molar-refractivity contribution in [1.82, 2.24) is 5.32 Å². The first-order valence-electron chi connectivity index (χ1n) is 5.64. The highest BCUT2D eigenvalue weighted by Gasteiger charge is 2.41. The summed E-state index contributed by atoms with van der Waals surface area (Å²) in [5.41, 5.74) is -0.688. The Morgan fingerprint density at radius 1 is 1.47 bits per heavy atom. The molecule has 100 valence electrons. The molecule has 2 atom stereocenters. The first-order valence-corrected chi connectivity index (χ1v) is 5.64. The average molecular weight is 251 g/mol. The molecule has 1 rings (SSSR count). The highest BCUT2D eigenvalue weighted by molar-refractivity contribution is 5.68. The number of aliphatic hydroxyl groups excluding tert-OH is 1. The van der Waals surface area contributed by atoms with E-state index in [1.54, 1.807) is 20.8 Å². The number of hydrogen-bond acceptors (Lipinski definition) is 3. The summed E-state index contributed by atoms with van der Waals surface area (Å²) in [6.45, 7) is 5.04. The number of carbonyl (C=O) groups is 1. The second-order valence-corrected chi connectivity index (χ2v) is 5.42. The predicted octanol–water partition coefficient (Wildman–Crippen LogP) is 2.06. The Hall–Kier alpha value is -0.910. The van der Waals surface area contributed by atoms with E-state index in [0.29, 0.717) is 0 Å². The van der Waals surface area contributed by atoms with E-state index in [1.165, 1.54) is 0 Å². The zero-order valence-corrected chi connectivity index (χ0v) is 10.3. The van der Waals surface area contributed by atoms with Gasteiger partial charge in [0.2, 0.25) is 5.92 Å². The van der Waals surface area contributed by atoms with Crippen LogP contribution in [-0.4, -0.2) is 34.9 Å². The minimum absolute atomic E-state index is 0.0204. The number of hydrogen-bond donors (Lipinski definition) is 2. The second kappa shape index (κ2) is 4.76. The van der Waals surface area contributed by atoms with Crippen LogP contribution in [0.4, 0.5) is 13.6 Å². The van der Waals surface area contributed by atoms with Gasteiger partial charge in [-0.1, -0.05) is 0 Å². The molecule has 0 aromatic heterocycles. The molecule has 0 aromatic rings. The lowest BCUT2D eigenvalue weighted by molar-refractivity contribution is -0.0787. The lowest BCUT2D eigenvalue weighted by Crippen LogP contribution is -2.51. The molecule has 0 aromatic carbocycles. The van der Waals surface area contributed by atoms with Crippen molar-refractivity contribution in [3.05, 3.63) is 0 Å². The zero-order chi connectivity index (χ0) is 13.3. The van der Waals surface area contributed by atoms with E-state index in [0.717, 1.165) is 0 Å². The molecule has 2 unspecified atom stereocenters. The minimum Gasteiger partial charge on any atom is -0.444 e. The van der Waals surface area contributed by atoms with Crippen LogP contribution >= 0.6 is 0 Å². The Balaban J connectivity index is 2.52. The summed E-state index contributed by atoms with van der Waals surface area (Å²) in [6, 6.07) is -0.950. The Kier molecular flexibility index (Phi) is 3.96. The van der Waals surface area contributed by atoms with Gasteiger partial charge in [-0.2, -0.15) is 0 Å². The Labute approximate surface area is 99.3 Å². The van der Waals surface area contributed by atoms with Crippen LogP contribution in [0.5, 0.6) is 0 Å². The number of carbonyl (C=O) groups excluding carboxylic acids is 1. The molecule has 2 N–H and O–H groups in total. The van der Waals surface area contributed by atoms with Crippen LogP contribution in [0, 0.1) is 0 Å². The summed E-state index contributed by atoms with van der Waals surface area (Å²) >= 11 is 0. The van der Waals surface area contributed by atoms with Crippen molar-refractivity contribution in [2.45, 2.75) is 63.7 Å². The van der Waals surface area contributed by atoms with E-state index in [1.807, 2.05) is 0 Å². The third-order valence-electron chi connectivity index (χ3n) is 2.49. The number of alkyl halides is 2. The van der Waals surface area contributed by atoms with Crippen LogP contribution in [0.3, 0.4) is 0 Å². The number of halogens is 2. The van der Waals surface area contributed by atoms with Crippen molar-refractivity contribution in [2.75, 3.05) is 0 Å². The molecule has 0 heterocycles. The molecule has 0 aliphatic heterocycles. The Morgan fingerprint density at radius 3 is 2.59 bits per heavy atom. The van der Waals surface area contributed by atoms with E-state index in [2.05, 4.69) is 5.32 Å². The van der Waals surface area contributed by atoms with Crippen LogP contribution in [0.2, 0.25) is 0 Å². The number of nitrogens with one attached hydrogen (secondary N) is 1. The first kappa shape index (κ1) is 14.2. The van der Waals surface area contributed by atoms with E-state index in [-0.39, 0.29) is 12.8 Å². The van der Waals surface area contributed by atoms with Crippen molar-refractivity contribution in [3.63, 3.8) is 0 Å². The van der Waals surface area contributed by atoms with Crippen molar-refractivity contribution in [3.8, 4) is 0 Å². The van der Waals surface area contributed by atoms with Crippen molar-refractivity contribution < 1.29 is 23.4 Å². The van der Waals surface area contributed by atoms with Crippen molar-refractivity contribution >= 4 is 6.09 Å².